The molecule has 0 bridgehead atoms. The van der Waals surface area contributed by atoms with Crippen molar-refractivity contribution in [2.45, 2.75) is 73.1 Å². The fraction of sp³-hybridized carbons (Fsp3) is 0.385. The van der Waals surface area contributed by atoms with Gasteiger partial charge in [-0.15, -0.1) is 23.2 Å². The van der Waals surface area contributed by atoms with Gasteiger partial charge in [0.2, 0.25) is 15.0 Å². The number of alkyl halides is 2. The highest BCUT2D eigenvalue weighted by Gasteiger charge is 2.43. The van der Waals surface area contributed by atoms with Gasteiger partial charge in [0.1, 0.15) is 21.4 Å². The monoisotopic (exact) mass is 660 g/mol. The molecular weight excluding hydrogens is 629 g/mol. The van der Waals surface area contributed by atoms with Crippen molar-refractivity contribution in [2.75, 3.05) is 0 Å². The largest absolute Gasteiger partial charge is 0.247 e. The van der Waals surface area contributed by atoms with Crippen molar-refractivity contribution in [3.05, 3.63) is 85.0 Å². The van der Waals surface area contributed by atoms with Crippen molar-refractivity contribution in [1.82, 2.24) is 39.9 Å². The Hall–Kier alpha value is -2.94. The third-order valence-electron chi connectivity index (χ3n) is 5.73. The van der Waals surface area contributed by atoms with E-state index in [-0.39, 0.29) is 31.1 Å². The van der Waals surface area contributed by atoms with E-state index in [0.717, 1.165) is 24.8 Å². The molecule has 0 aliphatic carbocycles. The Bertz CT molecular complexity index is 1490. The highest BCUT2D eigenvalue weighted by Crippen LogP contribution is 2.39. The van der Waals surface area contributed by atoms with Gasteiger partial charge in [0, 0.05) is 30.0 Å². The summed E-state index contributed by atoms with van der Waals surface area (Å²) < 4.78 is 50.7. The lowest BCUT2D eigenvalue weighted by Crippen LogP contribution is -2.38. The summed E-state index contributed by atoms with van der Waals surface area (Å²) in [5.41, 5.74) is 0. The predicted molar refractivity (Wildman–Crippen MR) is 160 cm³/mol. The molecule has 0 amide bonds. The molecule has 42 heavy (non-hydrogen) atoms. The number of aromatic nitrogens is 8. The van der Waals surface area contributed by atoms with Gasteiger partial charge in [0.15, 0.2) is 16.8 Å². The molecule has 0 aromatic carbocycles. The lowest BCUT2D eigenvalue weighted by molar-refractivity contribution is 0.528. The quantitative estimate of drug-likeness (QED) is 0.124. The van der Waals surface area contributed by atoms with E-state index in [4.69, 9.17) is 23.2 Å². The van der Waals surface area contributed by atoms with Crippen LogP contribution in [0.5, 0.6) is 0 Å². The third-order valence-corrected chi connectivity index (χ3v) is 10.3. The fourth-order valence-electron chi connectivity index (χ4n) is 2.99. The van der Waals surface area contributed by atoms with Crippen LogP contribution in [0.15, 0.2) is 72.0 Å². The predicted octanol–water partition coefficient (Wildman–Crippen LogP) is 6.03. The van der Waals surface area contributed by atoms with Gasteiger partial charge in [0.25, 0.3) is 0 Å². The number of nitrogens with zero attached hydrogens (tertiary/aromatic N) is 8. The van der Waals surface area contributed by atoms with E-state index in [0.29, 0.717) is 11.0 Å². The van der Waals surface area contributed by atoms with Crippen LogP contribution in [0.4, 0.5) is 8.78 Å². The van der Waals surface area contributed by atoms with Crippen molar-refractivity contribution in [3.8, 4) is 0 Å². The Morgan fingerprint density at radius 2 is 1.10 bits per heavy atom. The number of hydrogen-bond acceptors (Lipinski definition) is 11. The Labute approximate surface area is 259 Å². The molecule has 0 aliphatic rings. The van der Waals surface area contributed by atoms with Crippen LogP contribution in [0.25, 0.3) is 0 Å². The summed E-state index contributed by atoms with van der Waals surface area (Å²) in [5.74, 6) is -0.722. The van der Waals surface area contributed by atoms with Crippen LogP contribution in [0.2, 0.25) is 0 Å². The Morgan fingerprint density at radius 3 is 1.52 bits per heavy atom. The SMILES string of the molecule is C.C.CC(C(C)(Cl)c1ncc(F)cn1)S(=O)(=O)c1ncccn1.CC(Sc1ncccn1)C(C)(Cl)c1ncc(F)cn1. The van der Waals surface area contributed by atoms with Crippen molar-refractivity contribution >= 4 is 44.8 Å². The smallest absolute Gasteiger partial charge is 0.236 e. The summed E-state index contributed by atoms with van der Waals surface area (Å²) in [7, 11) is -3.88. The molecule has 4 aromatic rings. The van der Waals surface area contributed by atoms with E-state index >= 15 is 0 Å². The van der Waals surface area contributed by atoms with Crippen LogP contribution in [0.3, 0.4) is 0 Å². The summed E-state index contributed by atoms with van der Waals surface area (Å²) in [4.78, 5) is 28.8. The normalized spacial score (nSPS) is 15.2. The van der Waals surface area contributed by atoms with Crippen molar-refractivity contribution < 1.29 is 17.2 Å². The topological polar surface area (TPSA) is 137 Å². The highest BCUT2D eigenvalue weighted by atomic mass is 35.5. The zero-order chi connectivity index (χ0) is 29.6. The molecule has 4 heterocycles. The first-order chi connectivity index (χ1) is 18.8. The minimum atomic E-state index is -3.88. The second kappa shape index (κ2) is 15.5. The first-order valence-electron chi connectivity index (χ1n) is 11.5. The molecule has 0 radical (unpaired) electrons. The van der Waals surface area contributed by atoms with Crippen molar-refractivity contribution in [3.63, 3.8) is 0 Å². The lowest BCUT2D eigenvalue weighted by atomic mass is 10.1. The molecule has 16 heteroatoms. The van der Waals surface area contributed by atoms with Gasteiger partial charge in [0.05, 0.1) is 30.0 Å². The van der Waals surface area contributed by atoms with Gasteiger partial charge in [-0.05, 0) is 32.9 Å². The van der Waals surface area contributed by atoms with Gasteiger partial charge >= 0.3 is 0 Å². The average Bonchev–Trinajstić information content (AvgIpc) is 2.94. The summed E-state index contributed by atoms with van der Waals surface area (Å²) >= 11 is 14.2. The average molecular weight is 662 g/mol. The second-order valence-corrected chi connectivity index (χ2v) is 13.7. The zero-order valence-corrected chi connectivity index (χ0v) is 24.8. The van der Waals surface area contributed by atoms with E-state index < -0.39 is 36.5 Å². The summed E-state index contributed by atoms with van der Waals surface area (Å²) in [6, 6.07) is 3.25. The number of sulfone groups is 1. The number of halogens is 4. The van der Waals surface area contributed by atoms with Gasteiger partial charge < -0.3 is 0 Å². The molecule has 4 unspecified atom stereocenters. The van der Waals surface area contributed by atoms with Crippen molar-refractivity contribution in [1.29, 1.82) is 0 Å². The Kier molecular flexibility index (Phi) is 13.7. The number of hydrogen-bond donors (Lipinski definition) is 0. The van der Waals surface area contributed by atoms with Crippen LogP contribution >= 0.6 is 35.0 Å². The minimum absolute atomic E-state index is 0. The molecule has 0 spiro atoms. The molecule has 0 N–H and O–H groups in total. The first-order valence-corrected chi connectivity index (χ1v) is 14.7. The van der Waals surface area contributed by atoms with Gasteiger partial charge in [-0.3, -0.25) is 0 Å². The van der Waals surface area contributed by atoms with Gasteiger partial charge in [-0.25, -0.2) is 57.1 Å². The molecule has 0 saturated carbocycles. The molecule has 10 nitrogen and oxygen atoms in total. The second-order valence-electron chi connectivity index (χ2n) is 8.61. The maximum Gasteiger partial charge on any atom is 0.247 e. The summed E-state index contributed by atoms with van der Waals surface area (Å²) in [6.45, 7) is 6.58. The first kappa shape index (κ1) is 37.1. The summed E-state index contributed by atoms with van der Waals surface area (Å²) in [6.07, 6.45) is 10.1. The number of rotatable bonds is 8. The van der Waals surface area contributed by atoms with Gasteiger partial charge in [-0.1, -0.05) is 33.5 Å². The third kappa shape index (κ3) is 9.03. The standard InChI is InChI=1S/C12H12ClFN4O2S.C12H12ClFN4S.2CH4/c1-8(21(19,20)11-15-4-3-5-16-11)12(2,13)10-17-6-9(14)7-18-10;1-8(19-11-15-4-3-5-16-11)12(2,13)10-17-6-9(14)7-18-10;;/h3-8H,1-2H3;3-8H,1-2H3;2*1H4. The maximum absolute atomic E-state index is 12.9. The minimum Gasteiger partial charge on any atom is -0.236 e. The van der Waals surface area contributed by atoms with E-state index in [1.807, 2.05) is 6.92 Å². The van der Waals surface area contributed by atoms with Crippen molar-refractivity contribution in [2.24, 2.45) is 0 Å². The molecular formula is C26H32Cl2F2N8O2S2. The zero-order valence-electron chi connectivity index (χ0n) is 21.7. The highest BCUT2D eigenvalue weighted by molar-refractivity contribution is 7.99. The molecule has 4 rings (SSSR count). The van der Waals surface area contributed by atoms with Crippen LogP contribution in [-0.4, -0.2) is 58.8 Å². The van der Waals surface area contributed by atoms with E-state index in [9.17, 15) is 17.2 Å². The maximum atomic E-state index is 12.9. The Morgan fingerprint density at radius 1 is 0.714 bits per heavy atom. The van der Waals surface area contributed by atoms with Crippen LogP contribution in [-0.2, 0) is 19.6 Å². The van der Waals surface area contributed by atoms with Gasteiger partial charge in [-0.2, -0.15) is 0 Å². The Balaban J connectivity index is 0.000000403. The molecule has 0 fully saturated rings. The fourth-order valence-corrected chi connectivity index (χ4v) is 5.98. The summed E-state index contributed by atoms with van der Waals surface area (Å²) in [5, 5.41) is -0.892. The van der Waals surface area contributed by atoms with E-state index in [1.54, 1.807) is 25.4 Å². The van der Waals surface area contributed by atoms with Crippen LogP contribution in [0, 0.1) is 11.6 Å². The number of thioether (sulfide) groups is 1. The van der Waals surface area contributed by atoms with Crippen LogP contribution in [0.1, 0.15) is 54.2 Å². The van der Waals surface area contributed by atoms with Crippen LogP contribution < -0.4 is 0 Å². The lowest BCUT2D eigenvalue weighted by Gasteiger charge is -2.26. The molecule has 0 saturated heterocycles. The van der Waals surface area contributed by atoms with E-state index in [2.05, 4.69) is 39.9 Å². The molecule has 228 valence electrons. The molecule has 4 atom stereocenters. The molecule has 4 aromatic heterocycles. The van der Waals surface area contributed by atoms with E-state index in [1.165, 1.54) is 44.1 Å². The molecule has 0 aliphatic heterocycles.